The van der Waals surface area contributed by atoms with Crippen molar-refractivity contribution in [1.82, 2.24) is 15.4 Å². The first-order chi connectivity index (χ1) is 12.7. The normalized spacial score (nSPS) is 10.6. The van der Waals surface area contributed by atoms with E-state index in [4.69, 9.17) is 0 Å². The number of carbonyl (C=O) groups is 3. The molecule has 146 valence electrons. The van der Waals surface area contributed by atoms with Crippen LogP contribution in [-0.4, -0.2) is 55.9 Å². The SMILES string of the molecule is CC(=O)SCC(=O)NCCNC(=O)CNS(=O)(=O)c1cccc(N=C=S)c1. The molecule has 0 aliphatic rings. The number of aliphatic imine (C=N–C) groups is 1. The van der Waals surface area contributed by atoms with Gasteiger partial charge in [0.05, 0.1) is 28.0 Å². The Labute approximate surface area is 166 Å². The Kier molecular flexibility index (Phi) is 9.83. The van der Waals surface area contributed by atoms with Crippen LogP contribution in [0.25, 0.3) is 0 Å². The highest BCUT2D eigenvalue weighted by molar-refractivity contribution is 8.14. The Bertz CT molecular complexity index is 851. The minimum atomic E-state index is -3.89. The van der Waals surface area contributed by atoms with Crippen LogP contribution in [0.1, 0.15) is 6.92 Å². The van der Waals surface area contributed by atoms with Gasteiger partial charge in [0.1, 0.15) is 0 Å². The third kappa shape index (κ3) is 9.40. The van der Waals surface area contributed by atoms with Gasteiger partial charge in [-0.05, 0) is 30.4 Å². The van der Waals surface area contributed by atoms with Crippen molar-refractivity contribution in [3.05, 3.63) is 24.3 Å². The lowest BCUT2D eigenvalue weighted by Crippen LogP contribution is -2.40. The third-order valence-corrected chi connectivity index (χ3v) is 5.20. The first-order valence-corrected chi connectivity index (χ1v) is 10.5. The van der Waals surface area contributed by atoms with E-state index in [1.807, 2.05) is 0 Å². The molecule has 3 N–H and O–H groups in total. The van der Waals surface area contributed by atoms with Gasteiger partial charge in [-0.15, -0.1) is 0 Å². The Morgan fingerprint density at radius 2 is 1.85 bits per heavy atom. The van der Waals surface area contributed by atoms with Gasteiger partial charge in [-0.2, -0.15) is 4.99 Å². The highest BCUT2D eigenvalue weighted by Crippen LogP contribution is 2.17. The van der Waals surface area contributed by atoms with Crippen LogP contribution in [0.5, 0.6) is 0 Å². The average molecular weight is 431 g/mol. The summed E-state index contributed by atoms with van der Waals surface area (Å²) in [6.45, 7) is 1.18. The quantitative estimate of drug-likeness (QED) is 0.274. The van der Waals surface area contributed by atoms with E-state index in [-0.39, 0.29) is 34.8 Å². The molecule has 1 rings (SSSR count). The highest BCUT2D eigenvalue weighted by Gasteiger charge is 2.15. The molecule has 0 saturated heterocycles. The van der Waals surface area contributed by atoms with Gasteiger partial charge < -0.3 is 10.6 Å². The van der Waals surface area contributed by atoms with E-state index in [9.17, 15) is 22.8 Å². The van der Waals surface area contributed by atoms with Gasteiger partial charge in [-0.1, -0.05) is 17.8 Å². The highest BCUT2D eigenvalue weighted by atomic mass is 32.2. The van der Waals surface area contributed by atoms with Gasteiger partial charge in [-0.3, -0.25) is 14.4 Å². The summed E-state index contributed by atoms with van der Waals surface area (Å²) in [5.41, 5.74) is 0.330. The van der Waals surface area contributed by atoms with E-state index >= 15 is 0 Å². The number of rotatable bonds is 10. The molecule has 2 amide bonds. The van der Waals surface area contributed by atoms with Crippen molar-refractivity contribution in [2.45, 2.75) is 11.8 Å². The average Bonchev–Trinajstić information content (AvgIpc) is 2.62. The number of sulfonamides is 1. The van der Waals surface area contributed by atoms with Gasteiger partial charge in [0.25, 0.3) is 0 Å². The number of nitrogens with one attached hydrogen (secondary N) is 3. The summed E-state index contributed by atoms with van der Waals surface area (Å²) in [5, 5.41) is 6.96. The van der Waals surface area contributed by atoms with Crippen molar-refractivity contribution >= 4 is 61.8 Å². The van der Waals surface area contributed by atoms with E-state index in [0.717, 1.165) is 11.8 Å². The number of thiocarbonyl (C=S) groups is 1. The summed E-state index contributed by atoms with van der Waals surface area (Å²) in [5.74, 6) is -0.877. The van der Waals surface area contributed by atoms with Crippen LogP contribution in [-0.2, 0) is 24.4 Å². The molecule has 0 fully saturated rings. The number of hydrogen-bond acceptors (Lipinski definition) is 8. The monoisotopic (exact) mass is 430 g/mol. The van der Waals surface area contributed by atoms with Crippen molar-refractivity contribution in [1.29, 1.82) is 0 Å². The standard InChI is InChI=1S/C15H18N4O5S3/c1-11(20)26-9-15(22)17-6-5-16-14(21)8-19-27(23,24)13-4-2-3-12(7-13)18-10-25/h2-4,7,19H,5-6,8-9H2,1H3,(H,16,21)(H,17,22). The molecule has 1 aromatic rings. The molecule has 0 radical (unpaired) electrons. The molecule has 0 unspecified atom stereocenters. The molecule has 1 aromatic carbocycles. The molecule has 0 aliphatic heterocycles. The molecule has 0 saturated carbocycles. The van der Waals surface area contributed by atoms with Crippen LogP contribution in [0, 0.1) is 0 Å². The molecule has 0 atom stereocenters. The number of amides is 2. The molecule has 27 heavy (non-hydrogen) atoms. The zero-order valence-corrected chi connectivity index (χ0v) is 16.8. The molecule has 9 nitrogen and oxygen atoms in total. The van der Waals surface area contributed by atoms with Crippen molar-refractivity contribution in [2.24, 2.45) is 4.99 Å². The topological polar surface area (TPSA) is 134 Å². The predicted molar refractivity (Wildman–Crippen MR) is 105 cm³/mol. The van der Waals surface area contributed by atoms with Crippen LogP contribution >= 0.6 is 24.0 Å². The molecule has 0 spiro atoms. The summed E-state index contributed by atoms with van der Waals surface area (Å²) in [7, 11) is -3.89. The second kappa shape index (κ2) is 11.6. The number of carbonyl (C=O) groups excluding carboxylic acids is 3. The summed E-state index contributed by atoms with van der Waals surface area (Å²) < 4.78 is 26.5. The van der Waals surface area contributed by atoms with Crippen LogP contribution in [0.3, 0.4) is 0 Å². The third-order valence-electron chi connectivity index (χ3n) is 2.90. The first kappa shape index (κ1) is 22.9. The molecule has 0 heterocycles. The van der Waals surface area contributed by atoms with E-state index < -0.39 is 22.5 Å². The van der Waals surface area contributed by atoms with E-state index in [1.54, 1.807) is 6.07 Å². The second-order valence-electron chi connectivity index (χ2n) is 5.01. The van der Waals surface area contributed by atoms with E-state index in [1.165, 1.54) is 25.1 Å². The lowest BCUT2D eigenvalue weighted by atomic mass is 10.3. The zero-order valence-electron chi connectivity index (χ0n) is 14.4. The van der Waals surface area contributed by atoms with Gasteiger partial charge in [0, 0.05) is 20.0 Å². The van der Waals surface area contributed by atoms with E-state index in [2.05, 4.69) is 37.7 Å². The van der Waals surface area contributed by atoms with Gasteiger partial charge >= 0.3 is 0 Å². The van der Waals surface area contributed by atoms with Crippen molar-refractivity contribution in [2.75, 3.05) is 25.4 Å². The summed E-state index contributed by atoms with van der Waals surface area (Å²) in [4.78, 5) is 37.5. The van der Waals surface area contributed by atoms with Crippen molar-refractivity contribution in [3.8, 4) is 0 Å². The Morgan fingerprint density at radius 3 is 2.48 bits per heavy atom. The van der Waals surface area contributed by atoms with Crippen LogP contribution in [0.15, 0.2) is 34.2 Å². The van der Waals surface area contributed by atoms with Crippen LogP contribution in [0.4, 0.5) is 5.69 Å². The Hall–Kier alpha value is -2.11. The molecular weight excluding hydrogens is 412 g/mol. The predicted octanol–water partition coefficient (Wildman–Crippen LogP) is 0.211. The molecule has 0 bridgehead atoms. The first-order valence-electron chi connectivity index (χ1n) is 7.59. The maximum Gasteiger partial charge on any atom is 0.241 e. The number of nitrogens with zero attached hydrogens (tertiary/aromatic N) is 1. The summed E-state index contributed by atoms with van der Waals surface area (Å²) >= 11 is 5.36. The zero-order chi connectivity index (χ0) is 20.3. The second-order valence-corrected chi connectivity index (χ2v) is 8.11. The van der Waals surface area contributed by atoms with Gasteiger partial charge in [-0.25, -0.2) is 13.1 Å². The lowest BCUT2D eigenvalue weighted by molar-refractivity contribution is -0.121. The molecule has 0 aromatic heterocycles. The number of benzene rings is 1. The number of isothiocyanates is 1. The molecule has 12 heteroatoms. The van der Waals surface area contributed by atoms with E-state index in [0.29, 0.717) is 5.69 Å². The number of hydrogen-bond donors (Lipinski definition) is 3. The van der Waals surface area contributed by atoms with Crippen molar-refractivity contribution < 1.29 is 22.8 Å². The fourth-order valence-electron chi connectivity index (χ4n) is 1.70. The Balaban J connectivity index is 2.39. The fourth-order valence-corrected chi connectivity index (χ4v) is 3.26. The maximum atomic E-state index is 12.2. The fraction of sp³-hybridized carbons (Fsp3) is 0.333. The minimum Gasteiger partial charge on any atom is -0.354 e. The maximum absolute atomic E-state index is 12.2. The summed E-state index contributed by atoms with van der Waals surface area (Å²) in [6, 6.07) is 5.72. The van der Waals surface area contributed by atoms with Gasteiger partial charge in [0.2, 0.25) is 21.8 Å². The largest absolute Gasteiger partial charge is 0.354 e. The summed E-state index contributed by atoms with van der Waals surface area (Å²) in [6.07, 6.45) is 0. The number of thioether (sulfide) groups is 1. The van der Waals surface area contributed by atoms with Crippen LogP contribution in [0.2, 0.25) is 0 Å². The lowest BCUT2D eigenvalue weighted by Gasteiger charge is -2.09. The molecular formula is C15H18N4O5S3. The molecule has 0 aliphatic carbocycles. The minimum absolute atomic E-state index is 0.00934. The van der Waals surface area contributed by atoms with Gasteiger partial charge in [0.15, 0.2) is 5.12 Å². The smallest absolute Gasteiger partial charge is 0.241 e. The Morgan fingerprint density at radius 1 is 1.19 bits per heavy atom. The van der Waals surface area contributed by atoms with Crippen molar-refractivity contribution in [3.63, 3.8) is 0 Å². The van der Waals surface area contributed by atoms with Crippen LogP contribution < -0.4 is 15.4 Å².